The van der Waals surface area contributed by atoms with Gasteiger partial charge in [0.1, 0.15) is 17.6 Å². The third-order valence-electron chi connectivity index (χ3n) is 5.11. The van der Waals surface area contributed by atoms with Gasteiger partial charge >= 0.3 is 5.97 Å². The molecule has 2 saturated heterocycles. The predicted octanol–water partition coefficient (Wildman–Crippen LogP) is 2.31. The third-order valence-corrected chi connectivity index (χ3v) is 5.11. The van der Waals surface area contributed by atoms with Crippen molar-refractivity contribution in [1.82, 2.24) is 0 Å². The van der Waals surface area contributed by atoms with Crippen molar-refractivity contribution in [1.29, 1.82) is 0 Å². The molecule has 0 spiro atoms. The van der Waals surface area contributed by atoms with Crippen LogP contribution < -0.4 is 0 Å². The Hall–Kier alpha value is -2.90. The van der Waals surface area contributed by atoms with Crippen molar-refractivity contribution in [3.8, 4) is 11.5 Å². The fraction of sp³-hybridized carbons (Fsp3) is 0.333. The summed E-state index contributed by atoms with van der Waals surface area (Å²) in [6.45, 7) is 0.565. The highest BCUT2D eigenvalue weighted by atomic mass is 16.6. The molecule has 2 aromatic rings. The van der Waals surface area contributed by atoms with Gasteiger partial charge in [0.15, 0.2) is 11.9 Å². The summed E-state index contributed by atoms with van der Waals surface area (Å²) in [5, 5.41) is 18.6. The monoisotopic (exact) mass is 384 g/mol. The van der Waals surface area contributed by atoms with Crippen molar-refractivity contribution in [2.75, 3.05) is 13.2 Å². The number of hydrogen-bond donors (Lipinski definition) is 2. The van der Waals surface area contributed by atoms with E-state index in [2.05, 4.69) is 0 Å². The first-order valence-electron chi connectivity index (χ1n) is 9.07. The summed E-state index contributed by atoms with van der Waals surface area (Å²) >= 11 is 0. The molecule has 0 bridgehead atoms. The molecule has 0 aromatic heterocycles. The first kappa shape index (κ1) is 18.5. The summed E-state index contributed by atoms with van der Waals surface area (Å²) in [6.07, 6.45) is -0.998. The number of esters is 1. The largest absolute Gasteiger partial charge is 0.508 e. The van der Waals surface area contributed by atoms with Crippen molar-refractivity contribution < 1.29 is 34.0 Å². The van der Waals surface area contributed by atoms with Crippen molar-refractivity contribution in [3.63, 3.8) is 0 Å². The molecule has 0 saturated carbocycles. The smallest absolute Gasteiger partial charge is 0.338 e. The summed E-state index contributed by atoms with van der Waals surface area (Å²) in [6, 6.07) is 11.9. The number of benzene rings is 2. The SMILES string of the molecule is O=C(C[C@@H]1CO[C@H]2[C@@H]1OC[C@@H]2OC(=O)c1ccc(O)cc1)c1ccc(O)cc1. The lowest BCUT2D eigenvalue weighted by Gasteiger charge is -2.17. The molecule has 0 amide bonds. The lowest BCUT2D eigenvalue weighted by molar-refractivity contribution is -0.0161. The lowest BCUT2D eigenvalue weighted by Crippen LogP contribution is -2.33. The molecule has 4 rings (SSSR count). The molecule has 2 fully saturated rings. The molecule has 0 radical (unpaired) electrons. The maximum atomic E-state index is 12.5. The highest BCUT2D eigenvalue weighted by Crippen LogP contribution is 2.35. The van der Waals surface area contributed by atoms with E-state index < -0.39 is 18.2 Å². The second kappa shape index (κ2) is 7.61. The Balaban J connectivity index is 1.36. The minimum absolute atomic E-state index is 0.0533. The molecule has 2 aromatic carbocycles. The number of rotatable bonds is 5. The van der Waals surface area contributed by atoms with E-state index in [1.54, 1.807) is 12.1 Å². The van der Waals surface area contributed by atoms with Crippen molar-refractivity contribution in [2.24, 2.45) is 5.92 Å². The number of phenolic OH excluding ortho intramolecular Hbond substituents is 2. The maximum Gasteiger partial charge on any atom is 0.338 e. The van der Waals surface area contributed by atoms with Gasteiger partial charge in [0.25, 0.3) is 0 Å². The van der Waals surface area contributed by atoms with Gasteiger partial charge in [-0.2, -0.15) is 0 Å². The van der Waals surface area contributed by atoms with E-state index in [1.807, 2.05) is 0 Å². The van der Waals surface area contributed by atoms with Crippen LogP contribution in [-0.2, 0) is 14.2 Å². The van der Waals surface area contributed by atoms with Crippen LogP contribution in [0.4, 0.5) is 0 Å². The second-order valence-electron chi connectivity index (χ2n) is 7.02. The average Bonchev–Trinajstić information content (AvgIpc) is 3.26. The van der Waals surface area contributed by atoms with E-state index in [0.29, 0.717) is 17.7 Å². The number of carbonyl (C=O) groups excluding carboxylic acids is 2. The number of fused-ring (bicyclic) bond motifs is 1. The average molecular weight is 384 g/mol. The number of aromatic hydroxyl groups is 2. The summed E-state index contributed by atoms with van der Waals surface area (Å²) < 4.78 is 17.1. The third kappa shape index (κ3) is 3.72. The van der Waals surface area contributed by atoms with Gasteiger partial charge in [0.05, 0.1) is 24.9 Å². The van der Waals surface area contributed by atoms with Crippen molar-refractivity contribution in [2.45, 2.75) is 24.7 Å². The first-order chi connectivity index (χ1) is 13.5. The molecule has 2 heterocycles. The molecule has 7 nitrogen and oxygen atoms in total. The molecular weight excluding hydrogens is 364 g/mol. The number of carbonyl (C=O) groups is 2. The number of ketones is 1. The van der Waals surface area contributed by atoms with E-state index in [1.165, 1.54) is 36.4 Å². The number of ether oxygens (including phenoxy) is 3. The quantitative estimate of drug-likeness (QED) is 0.602. The van der Waals surface area contributed by atoms with Crippen LogP contribution in [0, 0.1) is 5.92 Å². The molecule has 0 unspecified atom stereocenters. The second-order valence-corrected chi connectivity index (χ2v) is 7.02. The van der Waals surface area contributed by atoms with Crippen LogP contribution in [0.3, 0.4) is 0 Å². The Labute approximate surface area is 161 Å². The standard InChI is InChI=1S/C21H20O7/c22-15-5-1-12(2-6-15)17(24)9-14-10-26-20-18(11-27-19(14)20)28-21(25)13-3-7-16(23)8-4-13/h1-8,14,18-20,22-23H,9-11H2/t14-,18+,19-,20-/m1/s1. The summed E-state index contributed by atoms with van der Waals surface area (Å²) in [4.78, 5) is 24.8. The molecule has 2 aliphatic heterocycles. The molecule has 2 aliphatic rings. The van der Waals surface area contributed by atoms with Gasteiger partial charge in [-0.3, -0.25) is 4.79 Å². The minimum atomic E-state index is -0.542. The van der Waals surface area contributed by atoms with Gasteiger partial charge in [-0.1, -0.05) is 0 Å². The van der Waals surface area contributed by atoms with Crippen LogP contribution in [-0.4, -0.2) is 53.5 Å². The Morgan fingerprint density at radius 3 is 2.07 bits per heavy atom. The maximum absolute atomic E-state index is 12.5. The van der Waals surface area contributed by atoms with E-state index in [0.717, 1.165) is 0 Å². The van der Waals surface area contributed by atoms with Crippen molar-refractivity contribution >= 4 is 11.8 Å². The Bertz CT molecular complexity index is 786. The fourth-order valence-corrected chi connectivity index (χ4v) is 3.63. The van der Waals surface area contributed by atoms with Crippen LogP contribution in [0.15, 0.2) is 48.5 Å². The van der Waals surface area contributed by atoms with E-state index in [4.69, 9.17) is 14.2 Å². The van der Waals surface area contributed by atoms with E-state index >= 15 is 0 Å². The number of Topliss-reactive ketones (excluding diaryl/α,β-unsaturated/α-hetero) is 1. The van der Waals surface area contributed by atoms with Crippen LogP contribution in [0.25, 0.3) is 0 Å². The van der Waals surface area contributed by atoms with Crippen LogP contribution >= 0.6 is 0 Å². The fourth-order valence-electron chi connectivity index (χ4n) is 3.63. The van der Waals surface area contributed by atoms with Gasteiger partial charge in [0, 0.05) is 17.9 Å². The molecule has 28 heavy (non-hydrogen) atoms. The Kier molecular flexibility index (Phi) is 5.02. The lowest BCUT2D eigenvalue weighted by atomic mass is 9.93. The summed E-state index contributed by atoms with van der Waals surface area (Å²) in [7, 11) is 0. The minimum Gasteiger partial charge on any atom is -0.508 e. The van der Waals surface area contributed by atoms with Crippen molar-refractivity contribution in [3.05, 3.63) is 59.7 Å². The molecule has 4 atom stereocenters. The van der Waals surface area contributed by atoms with Gasteiger partial charge in [-0.05, 0) is 48.5 Å². The van der Waals surface area contributed by atoms with Gasteiger partial charge in [0.2, 0.25) is 0 Å². The Morgan fingerprint density at radius 1 is 0.857 bits per heavy atom. The first-order valence-corrected chi connectivity index (χ1v) is 9.07. The van der Waals surface area contributed by atoms with Crippen LogP contribution in [0.2, 0.25) is 0 Å². The molecule has 7 heteroatoms. The van der Waals surface area contributed by atoms with Gasteiger partial charge in [-0.15, -0.1) is 0 Å². The highest BCUT2D eigenvalue weighted by Gasteiger charge is 2.49. The predicted molar refractivity (Wildman–Crippen MR) is 97.3 cm³/mol. The van der Waals surface area contributed by atoms with Gasteiger partial charge in [-0.25, -0.2) is 4.79 Å². The van der Waals surface area contributed by atoms with Crippen LogP contribution in [0.5, 0.6) is 11.5 Å². The normalized spacial score (nSPS) is 26.0. The topological polar surface area (TPSA) is 102 Å². The summed E-state index contributed by atoms with van der Waals surface area (Å²) in [5.41, 5.74) is 0.854. The zero-order valence-corrected chi connectivity index (χ0v) is 15.0. The molecule has 146 valence electrons. The van der Waals surface area contributed by atoms with Gasteiger partial charge < -0.3 is 24.4 Å². The highest BCUT2D eigenvalue weighted by molar-refractivity contribution is 5.96. The molecular formula is C21H20O7. The Morgan fingerprint density at radius 2 is 1.43 bits per heavy atom. The molecule has 2 N–H and O–H groups in total. The van der Waals surface area contributed by atoms with Crippen LogP contribution in [0.1, 0.15) is 27.1 Å². The molecule has 0 aliphatic carbocycles. The number of hydrogen-bond acceptors (Lipinski definition) is 7. The summed E-state index contributed by atoms with van der Waals surface area (Å²) in [5.74, 6) is -0.508. The zero-order valence-electron chi connectivity index (χ0n) is 15.0. The zero-order chi connectivity index (χ0) is 19.7. The van der Waals surface area contributed by atoms with E-state index in [9.17, 15) is 19.8 Å². The van der Waals surface area contributed by atoms with E-state index in [-0.39, 0.29) is 42.3 Å². The number of phenols is 2.